The molecule has 0 fully saturated rings. The van der Waals surface area contributed by atoms with Gasteiger partial charge in [-0.25, -0.2) is 9.97 Å². The number of amides is 2. The maximum atomic E-state index is 14.0. The Bertz CT molecular complexity index is 1880. The lowest BCUT2D eigenvalue weighted by Gasteiger charge is -2.29. The predicted molar refractivity (Wildman–Crippen MR) is 191 cm³/mol. The number of hydrogen-bond donors (Lipinski definition) is 2. The summed E-state index contributed by atoms with van der Waals surface area (Å²) in [6.07, 6.45) is 4.36. The molecule has 254 valence electrons. The number of carbonyl (C=O) groups excluding carboxylic acids is 2. The van der Waals surface area contributed by atoms with Crippen LogP contribution in [0.15, 0.2) is 90.7 Å². The summed E-state index contributed by atoms with van der Waals surface area (Å²) in [6, 6.07) is 18.7. The van der Waals surface area contributed by atoms with Crippen LogP contribution in [-0.2, 0) is 13.0 Å². The Hall–Kier alpha value is -5.00. The summed E-state index contributed by atoms with van der Waals surface area (Å²) in [5.41, 5.74) is 5.33. The molecule has 3 aromatic heterocycles. The number of aromatic nitrogens is 3. The van der Waals surface area contributed by atoms with E-state index in [-0.39, 0.29) is 23.6 Å². The molecule has 0 radical (unpaired) electrons. The number of aliphatic hydroxyl groups is 1. The fraction of sp³-hybridized carbons (Fsp3) is 0.289. The van der Waals surface area contributed by atoms with E-state index in [2.05, 4.69) is 40.2 Å². The van der Waals surface area contributed by atoms with E-state index in [1.165, 1.54) is 23.6 Å². The molecule has 0 aliphatic heterocycles. The molecular formula is C38H41FN6O3S. The van der Waals surface area contributed by atoms with Crippen molar-refractivity contribution in [2.75, 3.05) is 25.5 Å². The van der Waals surface area contributed by atoms with Gasteiger partial charge in [0, 0.05) is 60.8 Å². The maximum absolute atomic E-state index is 14.0. The van der Waals surface area contributed by atoms with E-state index in [0.717, 1.165) is 27.5 Å². The molecule has 5 aromatic rings. The Morgan fingerprint density at radius 1 is 0.959 bits per heavy atom. The van der Waals surface area contributed by atoms with Crippen molar-refractivity contribution in [2.45, 2.75) is 51.8 Å². The maximum Gasteiger partial charge on any atom is 0.254 e. The Balaban J connectivity index is 1.44. The van der Waals surface area contributed by atoms with Crippen molar-refractivity contribution < 1.29 is 19.1 Å². The zero-order valence-electron chi connectivity index (χ0n) is 28.3. The van der Waals surface area contributed by atoms with Crippen molar-refractivity contribution in [3.05, 3.63) is 130 Å². The molecule has 0 saturated heterocycles. The largest absolute Gasteiger partial charge is 0.389 e. The number of aliphatic hydroxyl groups excluding tert-OH is 1. The van der Waals surface area contributed by atoms with Crippen LogP contribution in [0, 0.1) is 12.9 Å². The average molecular weight is 681 g/mol. The molecule has 49 heavy (non-hydrogen) atoms. The van der Waals surface area contributed by atoms with Crippen LogP contribution in [-0.4, -0.2) is 69.6 Å². The number of benzene rings is 2. The molecule has 3 heterocycles. The summed E-state index contributed by atoms with van der Waals surface area (Å²) >= 11 is 1.47. The lowest BCUT2D eigenvalue weighted by atomic mass is 9.97. The summed E-state index contributed by atoms with van der Waals surface area (Å²) < 4.78 is 13.7. The number of carbonyl (C=O) groups is 2. The molecule has 0 unspecified atom stereocenters. The highest BCUT2D eigenvalue weighted by Crippen LogP contribution is 2.25. The lowest BCUT2D eigenvalue weighted by molar-refractivity contribution is 0.0785. The van der Waals surface area contributed by atoms with E-state index in [9.17, 15) is 19.1 Å². The topological polar surface area (TPSA) is 112 Å². The third-order valence-electron chi connectivity index (χ3n) is 8.28. The first-order valence-corrected chi connectivity index (χ1v) is 17.0. The van der Waals surface area contributed by atoms with Gasteiger partial charge in [0.1, 0.15) is 5.01 Å². The lowest BCUT2D eigenvalue weighted by Crippen LogP contribution is -2.49. The van der Waals surface area contributed by atoms with Crippen molar-refractivity contribution in [3.63, 3.8) is 0 Å². The standard InChI is InChI=1S/C38H41FN6O3S/c1-24(2)31-17-32(20-40-18-31)44(4)21-34(46)33(13-26-9-7-6-8-10-26)43-37(47)29-14-28(27-11-12-35(39)41-19-27)15-30(16-29)38(48)45(5)22-36-42-25(3)23-49-36/h6-12,14-20,23-24,33-34,46H,13,21-22H2,1-5H3,(H,43,47)/t33-,34+/m0/s1. The summed E-state index contributed by atoms with van der Waals surface area (Å²) in [5.74, 6) is -1.11. The van der Waals surface area contributed by atoms with Gasteiger partial charge in [-0.05, 0) is 72.4 Å². The van der Waals surface area contributed by atoms with Crippen molar-refractivity contribution in [1.82, 2.24) is 25.2 Å². The molecule has 5 rings (SSSR count). The van der Waals surface area contributed by atoms with E-state index < -0.39 is 24.0 Å². The number of hydrogen-bond acceptors (Lipinski definition) is 8. The fourth-order valence-electron chi connectivity index (χ4n) is 5.45. The fourth-order valence-corrected chi connectivity index (χ4v) is 6.28. The molecule has 2 N–H and O–H groups in total. The molecule has 0 aliphatic rings. The molecule has 2 aromatic carbocycles. The van der Waals surface area contributed by atoms with Gasteiger partial charge in [-0.15, -0.1) is 11.3 Å². The number of nitrogens with one attached hydrogen (secondary N) is 1. The molecule has 0 spiro atoms. The van der Waals surface area contributed by atoms with Gasteiger partial charge in [0.15, 0.2) is 0 Å². The highest BCUT2D eigenvalue weighted by molar-refractivity contribution is 7.09. The summed E-state index contributed by atoms with van der Waals surface area (Å²) in [6.45, 7) is 6.63. The smallest absolute Gasteiger partial charge is 0.254 e. The second-order valence-corrected chi connectivity index (χ2v) is 13.5. The van der Waals surface area contributed by atoms with Crippen molar-refractivity contribution in [2.24, 2.45) is 0 Å². The minimum Gasteiger partial charge on any atom is -0.389 e. The highest BCUT2D eigenvalue weighted by Gasteiger charge is 2.26. The van der Waals surface area contributed by atoms with Crippen LogP contribution in [0.2, 0.25) is 0 Å². The average Bonchev–Trinajstić information content (AvgIpc) is 3.51. The third-order valence-corrected chi connectivity index (χ3v) is 9.23. The number of nitrogens with zero attached hydrogens (tertiary/aromatic N) is 5. The normalized spacial score (nSPS) is 12.4. The monoisotopic (exact) mass is 680 g/mol. The quantitative estimate of drug-likeness (QED) is 0.141. The highest BCUT2D eigenvalue weighted by atomic mass is 32.1. The van der Waals surface area contributed by atoms with Crippen LogP contribution in [0.3, 0.4) is 0 Å². The van der Waals surface area contributed by atoms with Crippen molar-refractivity contribution in [1.29, 1.82) is 0 Å². The molecule has 2 atom stereocenters. The van der Waals surface area contributed by atoms with E-state index >= 15 is 0 Å². The van der Waals surface area contributed by atoms with Gasteiger partial charge in [-0.1, -0.05) is 44.2 Å². The minimum absolute atomic E-state index is 0.219. The van der Waals surface area contributed by atoms with Crippen LogP contribution >= 0.6 is 11.3 Å². The van der Waals surface area contributed by atoms with Gasteiger partial charge in [-0.2, -0.15) is 4.39 Å². The summed E-state index contributed by atoms with van der Waals surface area (Å²) in [5, 5.41) is 17.4. The van der Waals surface area contributed by atoms with E-state index in [1.807, 2.05) is 60.8 Å². The molecule has 0 aliphatic carbocycles. The molecule has 11 heteroatoms. The zero-order chi connectivity index (χ0) is 35.1. The number of pyridine rings is 2. The predicted octanol–water partition coefficient (Wildman–Crippen LogP) is 6.28. The number of likely N-dealkylation sites (N-methyl/N-ethyl adjacent to an activating group) is 1. The van der Waals surface area contributed by atoms with E-state index in [1.54, 1.807) is 42.4 Å². The van der Waals surface area contributed by atoms with Gasteiger partial charge in [0.05, 0.1) is 30.6 Å². The Morgan fingerprint density at radius 2 is 1.71 bits per heavy atom. The molecule has 9 nitrogen and oxygen atoms in total. The number of rotatable bonds is 13. The minimum atomic E-state index is -0.963. The molecule has 2 amide bonds. The van der Waals surface area contributed by atoms with Gasteiger partial charge in [0.2, 0.25) is 5.95 Å². The van der Waals surface area contributed by atoms with E-state index in [0.29, 0.717) is 30.0 Å². The summed E-state index contributed by atoms with van der Waals surface area (Å²) in [7, 11) is 3.56. The third kappa shape index (κ3) is 9.33. The number of thiazole rings is 1. The van der Waals surface area contributed by atoms with Gasteiger partial charge >= 0.3 is 0 Å². The first kappa shape index (κ1) is 35.3. The van der Waals surface area contributed by atoms with E-state index in [4.69, 9.17) is 0 Å². The van der Waals surface area contributed by atoms with Crippen LogP contribution in [0.4, 0.5) is 10.1 Å². The molecular weight excluding hydrogens is 640 g/mol. The van der Waals surface area contributed by atoms with Gasteiger partial charge in [0.25, 0.3) is 11.8 Å². The van der Waals surface area contributed by atoms with Crippen LogP contribution < -0.4 is 10.2 Å². The Morgan fingerprint density at radius 3 is 2.39 bits per heavy atom. The van der Waals surface area contributed by atoms with Gasteiger partial charge in [-0.3, -0.25) is 14.6 Å². The first-order valence-electron chi connectivity index (χ1n) is 16.1. The van der Waals surface area contributed by atoms with Crippen LogP contribution in [0.1, 0.15) is 62.3 Å². The first-order chi connectivity index (χ1) is 23.5. The molecule has 0 saturated carbocycles. The van der Waals surface area contributed by atoms with Crippen molar-refractivity contribution in [3.8, 4) is 11.1 Å². The second kappa shape index (κ2) is 15.9. The molecule has 0 bridgehead atoms. The van der Waals surface area contributed by atoms with Gasteiger partial charge < -0.3 is 20.2 Å². The second-order valence-electron chi connectivity index (χ2n) is 12.6. The zero-order valence-corrected chi connectivity index (χ0v) is 29.1. The number of aryl methyl sites for hydroxylation is 1. The Kier molecular flexibility index (Phi) is 11.5. The SMILES string of the molecule is Cc1csc(CN(C)C(=O)c2cc(C(=O)N[C@@H](Cc3ccccc3)[C@H](O)CN(C)c3cncc(C(C)C)c3)cc(-c3ccc(F)nc3)c2)n1. The number of anilines is 1. The summed E-state index contributed by atoms with van der Waals surface area (Å²) in [4.78, 5) is 43.8. The van der Waals surface area contributed by atoms with Crippen LogP contribution in [0.25, 0.3) is 11.1 Å². The number of halogens is 1. The van der Waals surface area contributed by atoms with Crippen LogP contribution in [0.5, 0.6) is 0 Å². The van der Waals surface area contributed by atoms with Crippen molar-refractivity contribution >= 4 is 28.8 Å². The Labute approximate surface area is 290 Å².